The molecule has 1 aromatic heterocycles. The van der Waals surface area contributed by atoms with E-state index in [9.17, 15) is 4.79 Å². The summed E-state index contributed by atoms with van der Waals surface area (Å²) in [4.78, 5) is 17.4. The van der Waals surface area contributed by atoms with E-state index in [1.807, 2.05) is 0 Å². The lowest BCUT2D eigenvalue weighted by Gasteiger charge is -2.22. The standard InChI is InChI=1S/C28H37N3O/c1-3-25-12-7-13-26-27(23(2)32)22-31(28(25)26)18-9-17-29-15-8-16-30(21-20-29)19-14-24-10-5-4-6-11-24/h4-7,10-13,22H,3,8-9,14-21H2,1-2H3. The van der Waals surface area contributed by atoms with E-state index < -0.39 is 0 Å². The van der Waals surface area contributed by atoms with Gasteiger partial charge >= 0.3 is 0 Å². The van der Waals surface area contributed by atoms with E-state index in [2.05, 4.69) is 76.0 Å². The summed E-state index contributed by atoms with van der Waals surface area (Å²) in [5.41, 5.74) is 4.88. The molecule has 0 N–H and O–H groups in total. The van der Waals surface area contributed by atoms with Gasteiger partial charge in [-0.25, -0.2) is 0 Å². The van der Waals surface area contributed by atoms with Crippen molar-refractivity contribution in [2.45, 2.75) is 46.1 Å². The van der Waals surface area contributed by atoms with Crippen molar-refractivity contribution in [3.8, 4) is 0 Å². The third kappa shape index (κ3) is 5.48. The molecule has 0 atom stereocenters. The van der Waals surface area contributed by atoms with Gasteiger partial charge in [0.15, 0.2) is 5.78 Å². The summed E-state index contributed by atoms with van der Waals surface area (Å²) >= 11 is 0. The van der Waals surface area contributed by atoms with Gasteiger partial charge in [-0.05, 0) is 63.4 Å². The molecule has 0 saturated carbocycles. The molecule has 0 spiro atoms. The van der Waals surface area contributed by atoms with Gasteiger partial charge in [0, 0.05) is 43.3 Å². The number of fused-ring (bicyclic) bond motifs is 1. The highest BCUT2D eigenvalue weighted by atomic mass is 16.1. The van der Waals surface area contributed by atoms with E-state index >= 15 is 0 Å². The summed E-state index contributed by atoms with van der Waals surface area (Å²) < 4.78 is 2.33. The van der Waals surface area contributed by atoms with E-state index in [1.165, 1.54) is 36.2 Å². The largest absolute Gasteiger partial charge is 0.346 e. The van der Waals surface area contributed by atoms with Crippen LogP contribution in [0.4, 0.5) is 0 Å². The van der Waals surface area contributed by atoms with Crippen LogP contribution in [-0.2, 0) is 19.4 Å². The van der Waals surface area contributed by atoms with Gasteiger partial charge in [-0.15, -0.1) is 0 Å². The van der Waals surface area contributed by atoms with Gasteiger partial charge in [-0.2, -0.15) is 0 Å². The van der Waals surface area contributed by atoms with E-state index in [-0.39, 0.29) is 5.78 Å². The summed E-state index contributed by atoms with van der Waals surface area (Å²) in [6.45, 7) is 11.8. The van der Waals surface area contributed by atoms with Crippen LogP contribution in [0.3, 0.4) is 0 Å². The first kappa shape index (κ1) is 22.8. The maximum Gasteiger partial charge on any atom is 0.161 e. The van der Waals surface area contributed by atoms with Crippen LogP contribution >= 0.6 is 0 Å². The fourth-order valence-corrected chi connectivity index (χ4v) is 5.05. The fraction of sp³-hybridized carbons (Fsp3) is 0.464. The lowest BCUT2D eigenvalue weighted by Crippen LogP contribution is -2.32. The Morgan fingerprint density at radius 2 is 1.62 bits per heavy atom. The van der Waals surface area contributed by atoms with Crippen molar-refractivity contribution in [2.75, 3.05) is 39.3 Å². The molecule has 3 aromatic rings. The molecular weight excluding hydrogens is 394 g/mol. The first-order valence-electron chi connectivity index (χ1n) is 12.3. The van der Waals surface area contributed by atoms with Crippen LogP contribution in [0.15, 0.2) is 54.7 Å². The first-order valence-corrected chi connectivity index (χ1v) is 12.3. The summed E-state index contributed by atoms with van der Waals surface area (Å²) in [6.07, 6.45) is 6.57. The van der Waals surface area contributed by atoms with Crippen LogP contribution in [0.1, 0.15) is 48.2 Å². The molecule has 2 aromatic carbocycles. The molecule has 4 rings (SSSR count). The Labute approximate surface area is 192 Å². The molecule has 0 amide bonds. The maximum absolute atomic E-state index is 12.2. The second-order valence-electron chi connectivity index (χ2n) is 9.09. The van der Waals surface area contributed by atoms with E-state index in [4.69, 9.17) is 0 Å². The number of benzene rings is 2. The Balaban J connectivity index is 1.31. The van der Waals surface area contributed by atoms with Gasteiger partial charge in [0.25, 0.3) is 0 Å². The van der Waals surface area contributed by atoms with Crippen molar-refractivity contribution in [3.05, 3.63) is 71.4 Å². The van der Waals surface area contributed by atoms with Crippen LogP contribution in [0.25, 0.3) is 10.9 Å². The molecule has 170 valence electrons. The topological polar surface area (TPSA) is 28.5 Å². The Morgan fingerprint density at radius 1 is 0.875 bits per heavy atom. The number of para-hydroxylation sites is 1. The van der Waals surface area contributed by atoms with Gasteiger partial charge in [0.1, 0.15) is 0 Å². The number of hydrogen-bond donors (Lipinski definition) is 0. The summed E-state index contributed by atoms with van der Waals surface area (Å²) in [5, 5.41) is 1.11. The molecule has 0 aliphatic carbocycles. The normalized spacial score (nSPS) is 15.8. The highest BCUT2D eigenvalue weighted by Crippen LogP contribution is 2.26. The number of Topliss-reactive ketones (excluding diaryl/α,β-unsaturated/α-hetero) is 1. The summed E-state index contributed by atoms with van der Waals surface area (Å²) in [7, 11) is 0. The number of carbonyl (C=O) groups excluding carboxylic acids is 1. The minimum Gasteiger partial charge on any atom is -0.346 e. The summed E-state index contributed by atoms with van der Waals surface area (Å²) in [6, 6.07) is 17.2. The van der Waals surface area contributed by atoms with Gasteiger partial charge in [-0.1, -0.05) is 55.5 Å². The van der Waals surface area contributed by atoms with Gasteiger partial charge in [0.05, 0.1) is 5.52 Å². The van der Waals surface area contributed by atoms with Crippen LogP contribution in [0.5, 0.6) is 0 Å². The van der Waals surface area contributed by atoms with Crippen molar-refractivity contribution in [3.63, 3.8) is 0 Å². The SMILES string of the molecule is CCc1cccc2c(C(C)=O)cn(CCCN3CCCN(CCc4ccccc4)CC3)c12. The zero-order valence-electron chi connectivity index (χ0n) is 19.7. The quantitative estimate of drug-likeness (QED) is 0.444. The van der Waals surface area contributed by atoms with E-state index in [0.717, 1.165) is 62.9 Å². The van der Waals surface area contributed by atoms with E-state index in [0.29, 0.717) is 0 Å². The number of rotatable bonds is 9. The third-order valence-corrected chi connectivity index (χ3v) is 6.86. The van der Waals surface area contributed by atoms with Gasteiger partial charge in [0.2, 0.25) is 0 Å². The molecule has 1 saturated heterocycles. The van der Waals surface area contributed by atoms with Crippen molar-refractivity contribution >= 4 is 16.7 Å². The smallest absolute Gasteiger partial charge is 0.161 e. The summed E-state index contributed by atoms with van der Waals surface area (Å²) in [5.74, 6) is 0.158. The Hall–Kier alpha value is -2.43. The Morgan fingerprint density at radius 3 is 2.34 bits per heavy atom. The van der Waals surface area contributed by atoms with Gasteiger partial charge in [-0.3, -0.25) is 4.79 Å². The molecule has 1 fully saturated rings. The van der Waals surface area contributed by atoms with Crippen molar-refractivity contribution < 1.29 is 4.79 Å². The number of carbonyl (C=O) groups is 1. The molecule has 1 aliphatic heterocycles. The maximum atomic E-state index is 12.2. The molecule has 4 heteroatoms. The average Bonchev–Trinajstić information content (AvgIpc) is 3.04. The highest BCUT2D eigenvalue weighted by Gasteiger charge is 2.16. The zero-order chi connectivity index (χ0) is 22.3. The zero-order valence-corrected chi connectivity index (χ0v) is 19.7. The molecule has 2 heterocycles. The predicted octanol–water partition coefficient (Wildman–Crippen LogP) is 5.05. The van der Waals surface area contributed by atoms with Crippen molar-refractivity contribution in [2.24, 2.45) is 0 Å². The van der Waals surface area contributed by atoms with Crippen LogP contribution in [0, 0.1) is 0 Å². The number of hydrogen-bond acceptors (Lipinski definition) is 3. The Kier molecular flexibility index (Phi) is 7.77. The molecular formula is C28H37N3O. The minimum atomic E-state index is 0.158. The third-order valence-electron chi connectivity index (χ3n) is 6.86. The lowest BCUT2D eigenvalue weighted by molar-refractivity contribution is 0.101. The second-order valence-corrected chi connectivity index (χ2v) is 9.09. The molecule has 0 unspecified atom stereocenters. The average molecular weight is 432 g/mol. The van der Waals surface area contributed by atoms with Crippen LogP contribution in [0.2, 0.25) is 0 Å². The highest BCUT2D eigenvalue weighted by molar-refractivity contribution is 6.07. The monoisotopic (exact) mass is 431 g/mol. The molecule has 0 bridgehead atoms. The van der Waals surface area contributed by atoms with E-state index in [1.54, 1.807) is 6.92 Å². The van der Waals surface area contributed by atoms with Crippen LogP contribution in [-0.4, -0.2) is 59.4 Å². The fourth-order valence-electron chi connectivity index (χ4n) is 5.05. The van der Waals surface area contributed by atoms with Crippen LogP contribution < -0.4 is 0 Å². The predicted molar refractivity (Wildman–Crippen MR) is 134 cm³/mol. The second kappa shape index (κ2) is 10.9. The lowest BCUT2D eigenvalue weighted by atomic mass is 10.1. The van der Waals surface area contributed by atoms with Crippen molar-refractivity contribution in [1.29, 1.82) is 0 Å². The molecule has 32 heavy (non-hydrogen) atoms. The van der Waals surface area contributed by atoms with Gasteiger partial charge < -0.3 is 14.4 Å². The molecule has 0 radical (unpaired) electrons. The number of ketones is 1. The number of aryl methyl sites for hydroxylation is 2. The van der Waals surface area contributed by atoms with Crippen molar-refractivity contribution in [1.82, 2.24) is 14.4 Å². The Bertz CT molecular complexity index is 1020. The minimum absolute atomic E-state index is 0.158. The molecule has 4 nitrogen and oxygen atoms in total. The number of nitrogens with zero attached hydrogens (tertiary/aromatic N) is 3. The first-order chi connectivity index (χ1) is 15.7. The molecule has 1 aliphatic rings. The number of aromatic nitrogens is 1.